The van der Waals surface area contributed by atoms with E-state index >= 15 is 0 Å². The van der Waals surface area contributed by atoms with Crippen LogP contribution in [0.5, 0.6) is 0 Å². The summed E-state index contributed by atoms with van der Waals surface area (Å²) in [5.74, 6) is 0.0937. The predicted octanol–water partition coefficient (Wildman–Crippen LogP) is 1.78. The molecule has 1 aromatic heterocycles. The van der Waals surface area contributed by atoms with Crippen LogP contribution in [0.3, 0.4) is 0 Å². The summed E-state index contributed by atoms with van der Waals surface area (Å²) < 4.78 is 6.60. The fourth-order valence-corrected chi connectivity index (χ4v) is 3.08. The molecule has 3 rings (SSSR count). The molecule has 0 radical (unpaired) electrons. The maximum absolute atomic E-state index is 12.7. The first kappa shape index (κ1) is 18.8. The largest absolute Gasteiger partial charge is 0.451 e. The van der Waals surface area contributed by atoms with Crippen molar-refractivity contribution < 1.29 is 14.3 Å². The molecule has 2 heterocycles. The first-order chi connectivity index (χ1) is 13.0. The Balaban J connectivity index is 1.73. The number of nitrogens with zero attached hydrogens (tertiary/aromatic N) is 5. The van der Waals surface area contributed by atoms with Gasteiger partial charge in [-0.15, -0.1) is 5.10 Å². The highest BCUT2D eigenvalue weighted by atomic mass is 16.5. The van der Waals surface area contributed by atoms with Crippen LogP contribution in [0, 0.1) is 12.8 Å². The molecular weight excluding hydrogens is 346 g/mol. The number of hydrogen-bond donors (Lipinski definition) is 0. The summed E-state index contributed by atoms with van der Waals surface area (Å²) in [6, 6.07) is 9.32. The van der Waals surface area contributed by atoms with Gasteiger partial charge < -0.3 is 9.64 Å². The molecule has 27 heavy (non-hydrogen) atoms. The molecule has 142 valence electrons. The molecule has 0 N–H and O–H groups in total. The van der Waals surface area contributed by atoms with Crippen LogP contribution in [0.2, 0.25) is 0 Å². The van der Waals surface area contributed by atoms with Crippen LogP contribution in [0.25, 0.3) is 11.8 Å². The Bertz CT molecular complexity index is 831. The predicted molar refractivity (Wildman–Crippen MR) is 99.1 cm³/mol. The minimum atomic E-state index is -0.646. The van der Waals surface area contributed by atoms with Crippen molar-refractivity contribution in [1.29, 1.82) is 0 Å². The Morgan fingerprint density at radius 3 is 2.74 bits per heavy atom. The Morgan fingerprint density at radius 1 is 1.30 bits per heavy atom. The molecule has 0 bridgehead atoms. The zero-order chi connectivity index (χ0) is 19.2. The van der Waals surface area contributed by atoms with Crippen LogP contribution >= 0.6 is 0 Å². The van der Waals surface area contributed by atoms with Gasteiger partial charge in [0, 0.05) is 13.1 Å². The van der Waals surface area contributed by atoms with Gasteiger partial charge in [-0.25, -0.2) is 4.79 Å². The summed E-state index contributed by atoms with van der Waals surface area (Å²) in [6.45, 7) is 4.92. The maximum Gasteiger partial charge on any atom is 0.357 e. The summed E-state index contributed by atoms with van der Waals surface area (Å²) in [7, 11) is 0. The molecule has 1 aliphatic heterocycles. The number of carbonyl (C=O) groups is 2. The van der Waals surface area contributed by atoms with Crippen LogP contribution in [0.15, 0.2) is 30.3 Å². The van der Waals surface area contributed by atoms with Crippen molar-refractivity contribution in [3.8, 4) is 0 Å². The number of piperidine rings is 1. The first-order valence-electron chi connectivity index (χ1n) is 9.01. The monoisotopic (exact) mass is 369 g/mol. The maximum atomic E-state index is 12.7. The van der Waals surface area contributed by atoms with Gasteiger partial charge in [0.1, 0.15) is 0 Å². The van der Waals surface area contributed by atoms with E-state index in [2.05, 4.69) is 22.4 Å². The van der Waals surface area contributed by atoms with Gasteiger partial charge in [-0.3, -0.25) is 4.79 Å². The third kappa shape index (κ3) is 4.78. The molecule has 0 aliphatic carbocycles. The molecule has 1 saturated heterocycles. The summed E-state index contributed by atoms with van der Waals surface area (Å²) in [6.07, 6.45) is 3.73. The summed E-state index contributed by atoms with van der Waals surface area (Å²) in [5.41, 5.74) is 0.957. The molecular formula is C19H23N5O3. The van der Waals surface area contributed by atoms with Gasteiger partial charge in [-0.1, -0.05) is 37.3 Å². The third-order valence-corrected chi connectivity index (χ3v) is 4.50. The Morgan fingerprint density at radius 2 is 2.07 bits per heavy atom. The van der Waals surface area contributed by atoms with Crippen molar-refractivity contribution in [2.24, 2.45) is 5.92 Å². The number of tetrazole rings is 1. The van der Waals surface area contributed by atoms with Crippen LogP contribution in [0.1, 0.15) is 31.2 Å². The van der Waals surface area contributed by atoms with Gasteiger partial charge in [0.25, 0.3) is 5.91 Å². The molecule has 1 unspecified atom stereocenters. The number of hydrogen-bond acceptors (Lipinski definition) is 6. The molecule has 0 spiro atoms. The number of aromatic nitrogens is 4. The van der Waals surface area contributed by atoms with Crippen molar-refractivity contribution in [2.75, 3.05) is 19.7 Å². The number of carbonyl (C=O) groups excluding carboxylic acids is 2. The lowest BCUT2D eigenvalue weighted by molar-refractivity contribution is -0.148. The number of aryl methyl sites for hydroxylation is 1. The van der Waals surface area contributed by atoms with Crippen LogP contribution in [0.4, 0.5) is 0 Å². The number of benzene rings is 1. The fourth-order valence-electron chi connectivity index (χ4n) is 3.08. The molecule has 1 fully saturated rings. The van der Waals surface area contributed by atoms with Crippen LogP contribution in [-0.2, 0) is 14.3 Å². The molecule has 1 amide bonds. The van der Waals surface area contributed by atoms with Crippen molar-refractivity contribution in [3.63, 3.8) is 0 Å². The molecule has 1 atom stereocenters. The Hall–Kier alpha value is -3.03. The molecule has 8 nitrogen and oxygen atoms in total. The molecule has 0 saturated carbocycles. The van der Waals surface area contributed by atoms with E-state index in [0.717, 1.165) is 18.4 Å². The van der Waals surface area contributed by atoms with Crippen molar-refractivity contribution in [3.05, 3.63) is 41.7 Å². The topological polar surface area (TPSA) is 90.2 Å². The third-order valence-electron chi connectivity index (χ3n) is 4.50. The highest BCUT2D eigenvalue weighted by molar-refractivity contribution is 6.15. The SMILES string of the molecule is Cc1nnnn1/C(=C\c1ccccc1)C(=O)OCC(=O)N1CCCC(C)C1. The second-order valence-electron chi connectivity index (χ2n) is 6.74. The lowest BCUT2D eigenvalue weighted by atomic mass is 10.0. The molecule has 1 aliphatic rings. The number of amides is 1. The minimum Gasteiger partial charge on any atom is -0.451 e. The molecule has 8 heteroatoms. The quantitative estimate of drug-likeness (QED) is 0.589. The van der Waals surface area contributed by atoms with Gasteiger partial charge in [0.2, 0.25) is 0 Å². The molecule has 1 aromatic carbocycles. The highest BCUT2D eigenvalue weighted by Crippen LogP contribution is 2.16. The van der Waals surface area contributed by atoms with Gasteiger partial charge in [-0.05, 0) is 47.7 Å². The van der Waals surface area contributed by atoms with E-state index in [-0.39, 0.29) is 18.2 Å². The summed E-state index contributed by atoms with van der Waals surface area (Å²) in [5, 5.41) is 11.3. The first-order valence-corrected chi connectivity index (χ1v) is 9.01. The van der Waals surface area contributed by atoms with Gasteiger partial charge in [-0.2, -0.15) is 4.68 Å². The smallest absolute Gasteiger partial charge is 0.357 e. The standard InChI is InChI=1S/C19H23N5O3/c1-14-7-6-10-23(12-14)18(25)13-27-19(26)17(24-15(2)20-21-22-24)11-16-8-4-3-5-9-16/h3-5,8-9,11,14H,6-7,10,12-13H2,1-2H3/b17-11-. The lowest BCUT2D eigenvalue weighted by Gasteiger charge is -2.30. The van der Waals surface area contributed by atoms with Gasteiger partial charge >= 0.3 is 5.97 Å². The van der Waals surface area contributed by atoms with E-state index < -0.39 is 5.97 Å². The van der Waals surface area contributed by atoms with E-state index in [1.54, 1.807) is 17.9 Å². The summed E-state index contributed by atoms with van der Waals surface area (Å²) in [4.78, 5) is 26.8. The van der Waals surface area contributed by atoms with E-state index in [9.17, 15) is 9.59 Å². The fraction of sp³-hybridized carbons (Fsp3) is 0.421. The normalized spacial score (nSPS) is 17.6. The second kappa shape index (κ2) is 8.57. The van der Waals surface area contributed by atoms with Crippen LogP contribution in [-0.4, -0.2) is 56.7 Å². The van der Waals surface area contributed by atoms with Crippen LogP contribution < -0.4 is 0 Å². The van der Waals surface area contributed by atoms with E-state index in [4.69, 9.17) is 4.74 Å². The van der Waals surface area contributed by atoms with Crippen molar-refractivity contribution in [1.82, 2.24) is 25.1 Å². The Labute approximate surface area is 157 Å². The van der Waals surface area contributed by atoms with E-state index in [0.29, 0.717) is 24.8 Å². The number of likely N-dealkylation sites (tertiary alicyclic amines) is 1. The lowest BCUT2D eigenvalue weighted by Crippen LogP contribution is -2.41. The number of ether oxygens (including phenoxy) is 1. The number of esters is 1. The zero-order valence-corrected chi connectivity index (χ0v) is 15.5. The van der Waals surface area contributed by atoms with Gasteiger partial charge in [0.15, 0.2) is 18.1 Å². The average molecular weight is 369 g/mol. The van der Waals surface area contributed by atoms with Crippen molar-refractivity contribution in [2.45, 2.75) is 26.7 Å². The van der Waals surface area contributed by atoms with E-state index in [1.165, 1.54) is 4.68 Å². The number of rotatable bonds is 5. The molecule has 2 aromatic rings. The summed E-state index contributed by atoms with van der Waals surface area (Å²) >= 11 is 0. The van der Waals surface area contributed by atoms with E-state index in [1.807, 2.05) is 30.3 Å². The van der Waals surface area contributed by atoms with Gasteiger partial charge in [0.05, 0.1) is 0 Å². The average Bonchev–Trinajstić information content (AvgIpc) is 3.10. The zero-order valence-electron chi connectivity index (χ0n) is 15.5. The highest BCUT2D eigenvalue weighted by Gasteiger charge is 2.24. The van der Waals surface area contributed by atoms with Crippen molar-refractivity contribution >= 4 is 23.6 Å². The second-order valence-corrected chi connectivity index (χ2v) is 6.74. The Kier molecular flexibility index (Phi) is 5.95. The minimum absolute atomic E-state index is 0.156.